The van der Waals surface area contributed by atoms with E-state index in [1.165, 1.54) is 24.1 Å². The summed E-state index contributed by atoms with van der Waals surface area (Å²) in [5, 5.41) is 0. The van der Waals surface area contributed by atoms with Crippen LogP contribution in [0, 0.1) is 5.92 Å². The highest BCUT2D eigenvalue weighted by Gasteiger charge is 2.24. The molecule has 16 heavy (non-hydrogen) atoms. The van der Waals surface area contributed by atoms with Crippen molar-refractivity contribution in [1.82, 2.24) is 4.98 Å². The van der Waals surface area contributed by atoms with E-state index in [0.717, 1.165) is 12.5 Å². The number of aromatic nitrogens is 1. The van der Waals surface area contributed by atoms with Gasteiger partial charge in [0.2, 0.25) is 0 Å². The number of anilines is 1. The minimum atomic E-state index is 0.594. The van der Waals surface area contributed by atoms with Crippen LogP contribution in [0.5, 0.6) is 0 Å². The molecule has 0 spiro atoms. The summed E-state index contributed by atoms with van der Waals surface area (Å²) in [5.74, 6) is 0.837. The molecule has 2 unspecified atom stereocenters. The standard InChI is InChI=1S/C13H21N3/c1-10-4-6-16(11(2)7-10)13-9-15-5-3-12(13)8-14/h3,5,9-11H,4,6-8,14H2,1-2H3. The van der Waals surface area contributed by atoms with Gasteiger partial charge in [0.15, 0.2) is 0 Å². The van der Waals surface area contributed by atoms with Gasteiger partial charge in [-0.3, -0.25) is 4.98 Å². The molecule has 1 aliphatic rings. The Hall–Kier alpha value is -1.09. The molecular formula is C13H21N3. The lowest BCUT2D eigenvalue weighted by atomic mass is 9.92. The molecule has 0 bridgehead atoms. The molecule has 0 amide bonds. The van der Waals surface area contributed by atoms with Crippen LogP contribution in [0.3, 0.4) is 0 Å². The Labute approximate surface area is 97.7 Å². The number of nitrogens with two attached hydrogens (primary N) is 1. The van der Waals surface area contributed by atoms with Gasteiger partial charge < -0.3 is 10.6 Å². The van der Waals surface area contributed by atoms with E-state index in [1.807, 2.05) is 18.5 Å². The summed E-state index contributed by atoms with van der Waals surface area (Å²) >= 11 is 0. The molecule has 0 radical (unpaired) electrons. The average molecular weight is 219 g/mol. The van der Waals surface area contributed by atoms with Crippen molar-refractivity contribution in [2.45, 2.75) is 39.3 Å². The summed E-state index contributed by atoms with van der Waals surface area (Å²) in [6.07, 6.45) is 6.31. The third kappa shape index (κ3) is 2.19. The van der Waals surface area contributed by atoms with E-state index in [-0.39, 0.29) is 0 Å². The van der Waals surface area contributed by atoms with Gasteiger partial charge in [0, 0.05) is 25.3 Å². The molecular weight excluding hydrogens is 198 g/mol. The maximum atomic E-state index is 5.78. The Balaban J connectivity index is 2.23. The van der Waals surface area contributed by atoms with Crippen LogP contribution in [-0.4, -0.2) is 17.6 Å². The zero-order valence-corrected chi connectivity index (χ0v) is 10.2. The van der Waals surface area contributed by atoms with Crippen molar-refractivity contribution >= 4 is 5.69 Å². The second-order valence-electron chi connectivity index (χ2n) is 4.88. The van der Waals surface area contributed by atoms with E-state index in [2.05, 4.69) is 23.7 Å². The first kappa shape index (κ1) is 11.4. The minimum Gasteiger partial charge on any atom is -0.367 e. The monoisotopic (exact) mass is 219 g/mol. The van der Waals surface area contributed by atoms with Gasteiger partial charge in [0.25, 0.3) is 0 Å². The zero-order valence-electron chi connectivity index (χ0n) is 10.2. The fourth-order valence-corrected chi connectivity index (χ4v) is 2.61. The molecule has 2 heterocycles. The largest absolute Gasteiger partial charge is 0.367 e. The molecule has 3 heteroatoms. The van der Waals surface area contributed by atoms with Crippen LogP contribution in [0.15, 0.2) is 18.5 Å². The molecule has 3 nitrogen and oxygen atoms in total. The van der Waals surface area contributed by atoms with Gasteiger partial charge in [0.1, 0.15) is 0 Å². The maximum Gasteiger partial charge on any atom is 0.0600 e. The molecule has 2 atom stereocenters. The lowest BCUT2D eigenvalue weighted by molar-refractivity contribution is 0.377. The van der Waals surface area contributed by atoms with E-state index < -0.39 is 0 Å². The van der Waals surface area contributed by atoms with Crippen LogP contribution in [0.2, 0.25) is 0 Å². The van der Waals surface area contributed by atoms with Crippen LogP contribution in [0.25, 0.3) is 0 Å². The minimum absolute atomic E-state index is 0.594. The second-order valence-corrected chi connectivity index (χ2v) is 4.88. The van der Waals surface area contributed by atoms with Gasteiger partial charge in [-0.2, -0.15) is 0 Å². The summed E-state index contributed by atoms with van der Waals surface area (Å²) in [6, 6.07) is 2.62. The molecule has 88 valence electrons. The molecule has 0 aromatic carbocycles. The van der Waals surface area contributed by atoms with Gasteiger partial charge >= 0.3 is 0 Å². The zero-order chi connectivity index (χ0) is 11.5. The molecule has 0 aliphatic carbocycles. The third-order valence-corrected chi connectivity index (χ3v) is 3.56. The number of hydrogen-bond acceptors (Lipinski definition) is 3. The molecule has 1 aromatic heterocycles. The number of rotatable bonds is 2. The summed E-state index contributed by atoms with van der Waals surface area (Å²) in [7, 11) is 0. The number of nitrogens with zero attached hydrogens (tertiary/aromatic N) is 2. The topological polar surface area (TPSA) is 42.2 Å². The third-order valence-electron chi connectivity index (χ3n) is 3.56. The van der Waals surface area contributed by atoms with Crippen molar-refractivity contribution in [3.8, 4) is 0 Å². The molecule has 2 N–H and O–H groups in total. The number of piperidine rings is 1. The molecule has 1 aromatic rings. The fourth-order valence-electron chi connectivity index (χ4n) is 2.61. The Morgan fingerprint density at radius 1 is 1.50 bits per heavy atom. The van der Waals surface area contributed by atoms with Gasteiger partial charge in [-0.05, 0) is 37.3 Å². The Morgan fingerprint density at radius 2 is 2.31 bits per heavy atom. The SMILES string of the molecule is CC1CCN(c2cnccc2CN)C(C)C1. The predicted octanol–water partition coefficient (Wildman–Crippen LogP) is 2.17. The average Bonchev–Trinajstić information content (AvgIpc) is 2.29. The highest BCUT2D eigenvalue weighted by molar-refractivity contribution is 5.52. The Morgan fingerprint density at radius 3 is 3.00 bits per heavy atom. The number of hydrogen-bond donors (Lipinski definition) is 1. The maximum absolute atomic E-state index is 5.78. The van der Waals surface area contributed by atoms with Crippen molar-refractivity contribution in [3.05, 3.63) is 24.0 Å². The smallest absolute Gasteiger partial charge is 0.0600 e. The van der Waals surface area contributed by atoms with Crippen molar-refractivity contribution in [3.63, 3.8) is 0 Å². The van der Waals surface area contributed by atoms with E-state index in [1.54, 1.807) is 0 Å². The first-order valence-electron chi connectivity index (χ1n) is 6.12. The fraction of sp³-hybridized carbons (Fsp3) is 0.615. The van der Waals surface area contributed by atoms with Crippen LogP contribution in [0.4, 0.5) is 5.69 Å². The lowest BCUT2D eigenvalue weighted by Crippen LogP contribution is -2.40. The van der Waals surface area contributed by atoms with Gasteiger partial charge in [-0.15, -0.1) is 0 Å². The van der Waals surface area contributed by atoms with Crippen LogP contribution >= 0.6 is 0 Å². The number of pyridine rings is 1. The Bertz CT molecular complexity index is 351. The van der Waals surface area contributed by atoms with E-state index in [9.17, 15) is 0 Å². The van der Waals surface area contributed by atoms with Gasteiger partial charge in [0.05, 0.1) is 11.9 Å². The first-order valence-corrected chi connectivity index (χ1v) is 6.12. The summed E-state index contributed by atoms with van der Waals surface area (Å²) in [4.78, 5) is 6.68. The molecule has 0 saturated carbocycles. The summed E-state index contributed by atoms with van der Waals surface area (Å²) < 4.78 is 0. The highest BCUT2D eigenvalue weighted by Crippen LogP contribution is 2.29. The van der Waals surface area contributed by atoms with Gasteiger partial charge in [-0.25, -0.2) is 0 Å². The predicted molar refractivity (Wildman–Crippen MR) is 67.3 cm³/mol. The molecule has 1 saturated heterocycles. The second kappa shape index (κ2) is 4.83. The van der Waals surface area contributed by atoms with Crippen LogP contribution in [-0.2, 0) is 6.54 Å². The first-order chi connectivity index (χ1) is 7.72. The molecule has 1 fully saturated rings. The van der Waals surface area contributed by atoms with Gasteiger partial charge in [-0.1, -0.05) is 6.92 Å². The summed E-state index contributed by atoms with van der Waals surface area (Å²) in [5.41, 5.74) is 8.21. The van der Waals surface area contributed by atoms with Crippen LogP contribution < -0.4 is 10.6 Å². The lowest BCUT2D eigenvalue weighted by Gasteiger charge is -2.39. The highest BCUT2D eigenvalue weighted by atomic mass is 15.2. The van der Waals surface area contributed by atoms with E-state index >= 15 is 0 Å². The molecule has 2 rings (SSSR count). The Kier molecular flexibility index (Phi) is 3.44. The van der Waals surface area contributed by atoms with Crippen molar-refractivity contribution in [1.29, 1.82) is 0 Å². The molecule has 1 aliphatic heterocycles. The van der Waals surface area contributed by atoms with Crippen LogP contribution in [0.1, 0.15) is 32.3 Å². The van der Waals surface area contributed by atoms with E-state index in [0.29, 0.717) is 12.6 Å². The van der Waals surface area contributed by atoms with Crippen molar-refractivity contribution < 1.29 is 0 Å². The summed E-state index contributed by atoms with van der Waals surface area (Å²) in [6.45, 7) is 6.35. The normalized spacial score (nSPS) is 25.8. The quantitative estimate of drug-likeness (QED) is 0.829. The van der Waals surface area contributed by atoms with Crippen molar-refractivity contribution in [2.75, 3.05) is 11.4 Å². The van der Waals surface area contributed by atoms with Crippen molar-refractivity contribution in [2.24, 2.45) is 11.7 Å². The van der Waals surface area contributed by atoms with E-state index in [4.69, 9.17) is 5.73 Å².